The van der Waals surface area contributed by atoms with Gasteiger partial charge in [0, 0.05) is 33.6 Å². The van der Waals surface area contributed by atoms with Gasteiger partial charge in [-0.1, -0.05) is 97.6 Å². The Balaban J connectivity index is 1.33. The summed E-state index contributed by atoms with van der Waals surface area (Å²) in [6, 6.07) is 30.3. The summed E-state index contributed by atoms with van der Waals surface area (Å²) in [5.41, 5.74) is 14.1. The van der Waals surface area contributed by atoms with Crippen molar-refractivity contribution < 1.29 is 4.74 Å². The molecule has 0 N–H and O–H groups in total. The summed E-state index contributed by atoms with van der Waals surface area (Å²) in [6.07, 6.45) is 7.03. The molecule has 4 aromatic carbocycles. The summed E-state index contributed by atoms with van der Waals surface area (Å²) in [5, 5.41) is 2.50. The Hall–Kier alpha value is -4.90. The third-order valence-electron chi connectivity index (χ3n) is 13.2. The number of anilines is 3. The van der Waals surface area contributed by atoms with Crippen LogP contribution >= 0.6 is 0 Å². The molecule has 0 amide bonds. The second-order valence-corrected chi connectivity index (χ2v) is 19.9. The molecule has 5 nitrogen and oxygen atoms in total. The average Bonchev–Trinajstić information content (AvgIpc) is 3.90. The Morgan fingerprint density at radius 2 is 1.36 bits per heavy atom. The largest absolute Gasteiger partial charge is 0.475 e. The standard InChI is InChI=1S/C51H58N4O/c1-31-16-18-42-38(22-31)39-28-41-45(29-44(39)55(42)46-27-35(20-21-52-46)48(3,4)5)54(43-19-17-32(2)23-40(43)50(41,9)10)37-25-33(24-36(26-37)49(6,7)8)47-53-51(11,30-56-47)34-14-12-13-15-34/h16-29,34H,12-15,30H2,1-11H3/t51-/m0/s1. The summed E-state index contributed by atoms with van der Waals surface area (Å²) in [6.45, 7) is 25.9. The van der Waals surface area contributed by atoms with Crippen LogP contribution in [0.15, 0.2) is 90.1 Å². The van der Waals surface area contributed by atoms with Gasteiger partial charge in [-0.15, -0.1) is 0 Å². The van der Waals surface area contributed by atoms with E-state index in [4.69, 9.17) is 14.7 Å². The average molecular weight is 743 g/mol. The third kappa shape index (κ3) is 5.87. The maximum absolute atomic E-state index is 6.59. The lowest BCUT2D eigenvalue weighted by Crippen LogP contribution is -2.32. The van der Waals surface area contributed by atoms with Crippen LogP contribution in [0.4, 0.5) is 17.1 Å². The van der Waals surface area contributed by atoms with Crippen LogP contribution in [-0.4, -0.2) is 27.6 Å². The number of hydrogen-bond acceptors (Lipinski definition) is 4. The van der Waals surface area contributed by atoms with Gasteiger partial charge in [-0.05, 0) is 133 Å². The summed E-state index contributed by atoms with van der Waals surface area (Å²) >= 11 is 0. The highest BCUT2D eigenvalue weighted by atomic mass is 16.5. The fraction of sp³-hybridized carbons (Fsp3) is 0.412. The van der Waals surface area contributed by atoms with E-state index in [-0.39, 0.29) is 21.8 Å². The van der Waals surface area contributed by atoms with Gasteiger partial charge >= 0.3 is 0 Å². The van der Waals surface area contributed by atoms with E-state index >= 15 is 0 Å². The molecular weight excluding hydrogens is 685 g/mol. The molecule has 56 heavy (non-hydrogen) atoms. The molecule has 1 atom stereocenters. The maximum atomic E-state index is 6.59. The molecule has 1 aliphatic carbocycles. The topological polar surface area (TPSA) is 42.7 Å². The fourth-order valence-electron chi connectivity index (χ4n) is 9.72. The number of fused-ring (bicyclic) bond motifs is 5. The van der Waals surface area contributed by atoms with Gasteiger partial charge < -0.3 is 9.64 Å². The molecule has 0 saturated heterocycles. The first-order valence-electron chi connectivity index (χ1n) is 20.8. The Bertz CT molecular complexity index is 2590. The van der Waals surface area contributed by atoms with Crippen molar-refractivity contribution in [2.24, 2.45) is 10.9 Å². The molecule has 0 bridgehead atoms. The van der Waals surface area contributed by atoms with Crippen molar-refractivity contribution in [1.82, 2.24) is 9.55 Å². The predicted octanol–water partition coefficient (Wildman–Crippen LogP) is 13.2. The second kappa shape index (κ2) is 12.6. The van der Waals surface area contributed by atoms with E-state index in [0.717, 1.165) is 28.5 Å². The molecular formula is C51H58N4O. The van der Waals surface area contributed by atoms with E-state index in [0.29, 0.717) is 12.5 Å². The number of ether oxygens (including phenoxy) is 1. The van der Waals surface area contributed by atoms with Crippen LogP contribution in [0.2, 0.25) is 0 Å². The number of rotatable bonds is 4. The van der Waals surface area contributed by atoms with Gasteiger partial charge in [0.05, 0.1) is 27.9 Å². The van der Waals surface area contributed by atoms with Crippen molar-refractivity contribution in [2.75, 3.05) is 11.5 Å². The highest BCUT2D eigenvalue weighted by Gasteiger charge is 2.42. The van der Waals surface area contributed by atoms with Gasteiger partial charge in [-0.25, -0.2) is 9.98 Å². The summed E-state index contributed by atoms with van der Waals surface area (Å²) in [4.78, 5) is 13.0. The molecule has 9 rings (SSSR count). The highest BCUT2D eigenvalue weighted by Crippen LogP contribution is 2.54. The molecule has 0 radical (unpaired) electrons. The number of aryl methyl sites for hydroxylation is 2. The molecule has 0 spiro atoms. The van der Waals surface area contributed by atoms with Crippen LogP contribution in [0.1, 0.15) is 127 Å². The number of nitrogens with zero attached hydrogens (tertiary/aromatic N) is 4. The summed E-state index contributed by atoms with van der Waals surface area (Å²) < 4.78 is 8.97. The minimum Gasteiger partial charge on any atom is -0.475 e. The molecule has 1 saturated carbocycles. The van der Waals surface area contributed by atoms with Crippen LogP contribution in [0, 0.1) is 19.8 Å². The lowest BCUT2D eigenvalue weighted by atomic mass is 9.72. The number of benzene rings is 4. The normalized spacial score (nSPS) is 19.7. The lowest BCUT2D eigenvalue weighted by molar-refractivity contribution is 0.207. The summed E-state index contributed by atoms with van der Waals surface area (Å²) in [5.74, 6) is 2.30. The second-order valence-electron chi connectivity index (χ2n) is 19.9. The van der Waals surface area contributed by atoms with Crippen molar-refractivity contribution in [1.29, 1.82) is 0 Å². The third-order valence-corrected chi connectivity index (χ3v) is 13.2. The van der Waals surface area contributed by atoms with Crippen molar-refractivity contribution in [3.63, 3.8) is 0 Å². The monoisotopic (exact) mass is 742 g/mol. The van der Waals surface area contributed by atoms with Crippen molar-refractivity contribution >= 4 is 44.8 Å². The first-order valence-corrected chi connectivity index (χ1v) is 20.8. The number of aliphatic imine (C=N–C) groups is 1. The van der Waals surface area contributed by atoms with Gasteiger partial charge in [0.1, 0.15) is 12.4 Å². The van der Waals surface area contributed by atoms with E-state index in [1.165, 1.54) is 86.7 Å². The fourth-order valence-corrected chi connectivity index (χ4v) is 9.72. The quantitative estimate of drug-likeness (QED) is 0.181. The van der Waals surface area contributed by atoms with E-state index in [1.54, 1.807) is 0 Å². The molecule has 4 heterocycles. The Kier molecular flexibility index (Phi) is 8.23. The highest BCUT2D eigenvalue weighted by molar-refractivity contribution is 6.11. The van der Waals surface area contributed by atoms with Crippen LogP contribution in [-0.2, 0) is 21.0 Å². The van der Waals surface area contributed by atoms with Crippen LogP contribution in [0.3, 0.4) is 0 Å². The first kappa shape index (κ1) is 36.7. The van der Waals surface area contributed by atoms with E-state index in [9.17, 15) is 0 Å². The zero-order chi connectivity index (χ0) is 39.5. The molecule has 5 heteroatoms. The van der Waals surface area contributed by atoms with Gasteiger partial charge in [0.2, 0.25) is 5.90 Å². The van der Waals surface area contributed by atoms with Gasteiger partial charge in [-0.3, -0.25) is 4.57 Å². The van der Waals surface area contributed by atoms with E-state index in [2.05, 4.69) is 164 Å². The molecule has 288 valence electrons. The maximum Gasteiger partial charge on any atom is 0.216 e. The van der Waals surface area contributed by atoms with Crippen molar-refractivity contribution in [2.45, 2.75) is 124 Å². The van der Waals surface area contributed by atoms with E-state index < -0.39 is 0 Å². The minimum atomic E-state index is -0.254. The number of pyridine rings is 1. The number of hydrogen-bond donors (Lipinski definition) is 0. The summed E-state index contributed by atoms with van der Waals surface area (Å²) in [7, 11) is 0. The van der Waals surface area contributed by atoms with Gasteiger partial charge in [0.15, 0.2) is 0 Å². The molecule has 2 aromatic heterocycles. The van der Waals surface area contributed by atoms with Crippen LogP contribution in [0.25, 0.3) is 27.6 Å². The van der Waals surface area contributed by atoms with Gasteiger partial charge in [-0.2, -0.15) is 0 Å². The molecule has 2 aliphatic heterocycles. The van der Waals surface area contributed by atoms with Crippen molar-refractivity contribution in [3.05, 3.63) is 124 Å². The lowest BCUT2D eigenvalue weighted by Gasteiger charge is -2.42. The zero-order valence-electron chi connectivity index (χ0n) is 35.4. The molecule has 1 fully saturated rings. The minimum absolute atomic E-state index is 0.00743. The Labute approximate surface area is 333 Å². The zero-order valence-corrected chi connectivity index (χ0v) is 35.4. The smallest absolute Gasteiger partial charge is 0.216 e. The SMILES string of the molecule is Cc1ccc2c(c1)C(C)(C)c1cc3c4cc(C)ccc4n(-c4cc(C(C)(C)C)ccn4)c3cc1N2c1cc(C2=N[C@](C)(C3CCCC3)CO2)cc(C(C)(C)C)c1. The molecule has 0 unspecified atom stereocenters. The van der Waals surface area contributed by atoms with E-state index in [1.807, 2.05) is 6.20 Å². The van der Waals surface area contributed by atoms with Crippen LogP contribution < -0.4 is 4.90 Å². The molecule has 6 aromatic rings. The molecule has 3 aliphatic rings. The Morgan fingerprint density at radius 3 is 2.09 bits per heavy atom. The Morgan fingerprint density at radius 1 is 0.679 bits per heavy atom. The van der Waals surface area contributed by atoms with Crippen molar-refractivity contribution in [3.8, 4) is 5.82 Å². The first-order chi connectivity index (χ1) is 26.4. The predicted molar refractivity (Wildman–Crippen MR) is 235 cm³/mol. The van der Waals surface area contributed by atoms with Crippen LogP contribution in [0.5, 0.6) is 0 Å². The van der Waals surface area contributed by atoms with Gasteiger partial charge in [0.25, 0.3) is 0 Å². The number of aromatic nitrogens is 2.